The van der Waals surface area contributed by atoms with Crippen molar-refractivity contribution >= 4 is 40.1 Å². The van der Waals surface area contributed by atoms with Gasteiger partial charge in [0.15, 0.2) is 11.1 Å². The first-order valence-electron chi connectivity index (χ1n) is 12.3. The molecule has 0 bridgehead atoms. The molecule has 38 heavy (non-hydrogen) atoms. The van der Waals surface area contributed by atoms with Gasteiger partial charge in [-0.15, -0.1) is 0 Å². The molecular formula is C29H26ClN3O5. The number of carboxylic acid groups (broad SMARTS) is 1. The van der Waals surface area contributed by atoms with Gasteiger partial charge >= 0.3 is 5.97 Å². The Kier molecular flexibility index (Phi) is 6.67. The number of hydrogen-bond acceptors (Lipinski definition) is 6. The summed E-state index contributed by atoms with van der Waals surface area (Å²) in [5.41, 5.74) is 3.63. The summed E-state index contributed by atoms with van der Waals surface area (Å²) in [6, 6.07) is 13.4. The van der Waals surface area contributed by atoms with Gasteiger partial charge in [0.2, 0.25) is 0 Å². The number of carbonyl (C=O) groups is 2. The van der Waals surface area contributed by atoms with Crippen LogP contribution in [0, 0.1) is 13.8 Å². The maximum atomic E-state index is 13.5. The van der Waals surface area contributed by atoms with Crippen LogP contribution in [0.15, 0.2) is 57.7 Å². The normalized spacial score (nSPS) is 13.7. The number of amides is 1. The smallest absolute Gasteiger partial charge is 0.356 e. The number of hydrogen-bond donors (Lipinski definition) is 2. The van der Waals surface area contributed by atoms with Gasteiger partial charge < -0.3 is 19.7 Å². The number of aromatic nitrogens is 1. The highest BCUT2D eigenvalue weighted by atomic mass is 35.5. The van der Waals surface area contributed by atoms with Crippen LogP contribution in [0.2, 0.25) is 5.15 Å². The average molecular weight is 532 g/mol. The Morgan fingerprint density at radius 2 is 1.82 bits per heavy atom. The molecule has 2 N–H and O–H groups in total. The zero-order chi connectivity index (χ0) is 27.1. The van der Waals surface area contributed by atoms with Crippen molar-refractivity contribution < 1.29 is 19.1 Å². The highest BCUT2D eigenvalue weighted by Crippen LogP contribution is 2.33. The first kappa shape index (κ1) is 25.5. The summed E-state index contributed by atoms with van der Waals surface area (Å²) >= 11 is 5.90. The first-order chi connectivity index (χ1) is 18.1. The van der Waals surface area contributed by atoms with Gasteiger partial charge in [0.1, 0.15) is 16.5 Å². The van der Waals surface area contributed by atoms with Gasteiger partial charge in [-0.25, -0.2) is 9.78 Å². The topological polar surface area (TPSA) is 113 Å². The molecule has 0 unspecified atom stereocenters. The molecule has 0 spiro atoms. The van der Waals surface area contributed by atoms with Crippen LogP contribution < -0.4 is 10.7 Å². The Morgan fingerprint density at radius 3 is 2.45 bits per heavy atom. The number of fused-ring (bicyclic) bond motifs is 1. The summed E-state index contributed by atoms with van der Waals surface area (Å²) in [5, 5.41) is 13.3. The molecule has 0 aliphatic carbocycles. The van der Waals surface area contributed by atoms with Crippen LogP contribution in [-0.2, 0) is 0 Å². The van der Waals surface area contributed by atoms with E-state index >= 15 is 0 Å². The van der Waals surface area contributed by atoms with E-state index in [2.05, 4.69) is 10.3 Å². The Balaban J connectivity index is 1.57. The molecule has 1 saturated heterocycles. The van der Waals surface area contributed by atoms with Gasteiger partial charge in [-0.05, 0) is 63.1 Å². The van der Waals surface area contributed by atoms with E-state index in [-0.39, 0.29) is 22.2 Å². The zero-order valence-electron chi connectivity index (χ0n) is 21.2. The second-order valence-electron chi connectivity index (χ2n) is 9.54. The average Bonchev–Trinajstić information content (AvgIpc) is 2.86. The van der Waals surface area contributed by atoms with E-state index in [0.29, 0.717) is 44.7 Å². The van der Waals surface area contributed by atoms with Crippen LogP contribution in [0.25, 0.3) is 22.3 Å². The fourth-order valence-corrected chi connectivity index (χ4v) is 4.80. The van der Waals surface area contributed by atoms with Gasteiger partial charge in [-0.2, -0.15) is 0 Å². The minimum absolute atomic E-state index is 0.00503. The Bertz CT molecular complexity index is 1640. The van der Waals surface area contributed by atoms with Crippen LogP contribution in [0.4, 0.5) is 5.69 Å². The molecule has 8 nitrogen and oxygen atoms in total. The van der Waals surface area contributed by atoms with E-state index in [1.807, 2.05) is 19.9 Å². The minimum Gasteiger partial charge on any atom is -0.476 e. The van der Waals surface area contributed by atoms with Crippen LogP contribution in [-0.4, -0.2) is 40.0 Å². The lowest BCUT2D eigenvalue weighted by Crippen LogP contribution is -2.41. The monoisotopic (exact) mass is 531 g/mol. The molecule has 1 amide bonds. The van der Waals surface area contributed by atoms with Crippen LogP contribution in [0.5, 0.6) is 0 Å². The van der Waals surface area contributed by atoms with Crippen molar-refractivity contribution in [1.29, 1.82) is 0 Å². The number of carboxylic acids is 1. The van der Waals surface area contributed by atoms with Crippen molar-refractivity contribution in [3.63, 3.8) is 0 Å². The number of halogens is 1. The largest absolute Gasteiger partial charge is 0.476 e. The fourth-order valence-electron chi connectivity index (χ4n) is 4.66. The van der Waals surface area contributed by atoms with E-state index < -0.39 is 12.0 Å². The van der Waals surface area contributed by atoms with Gasteiger partial charge in [0.25, 0.3) is 5.91 Å². The van der Waals surface area contributed by atoms with Crippen molar-refractivity contribution in [2.75, 3.05) is 18.4 Å². The number of aromatic carboxylic acids is 1. The Labute approximate surface area is 223 Å². The van der Waals surface area contributed by atoms with Crippen molar-refractivity contribution in [3.8, 4) is 11.3 Å². The predicted molar refractivity (Wildman–Crippen MR) is 146 cm³/mol. The number of anilines is 1. The van der Waals surface area contributed by atoms with E-state index in [1.54, 1.807) is 48.2 Å². The molecule has 0 radical (unpaired) electrons. The molecule has 2 aromatic heterocycles. The number of aryl methyl sites for hydroxylation is 1. The van der Waals surface area contributed by atoms with Gasteiger partial charge in [0, 0.05) is 35.3 Å². The molecule has 1 fully saturated rings. The molecule has 2 aromatic carbocycles. The fraction of sp³-hybridized carbons (Fsp3) is 0.241. The van der Waals surface area contributed by atoms with Crippen molar-refractivity contribution in [2.45, 2.75) is 33.2 Å². The molecule has 9 heteroatoms. The molecule has 0 saturated carbocycles. The lowest BCUT2D eigenvalue weighted by atomic mass is 9.98. The standard InChI is InChI=1S/C29H26ClN3O5/c1-15-13-20(17(3)31-22-9-10-23(30)32-24(22)29(36)37)27-21(14-15)25(34)16(2)26(38-27)18-5-7-19(8-6-18)28(35)33-11-4-12-33/h5-10,13-14,17,31H,4,11-12H2,1-3H3,(H,36,37)/t17-/m1/s1. The van der Waals surface area contributed by atoms with Gasteiger partial charge in [-0.3, -0.25) is 9.59 Å². The molecule has 1 aliphatic heterocycles. The van der Waals surface area contributed by atoms with Crippen molar-refractivity contribution in [2.24, 2.45) is 0 Å². The molecule has 5 rings (SSSR count). The third kappa shape index (κ3) is 4.63. The maximum absolute atomic E-state index is 13.5. The Hall–Kier alpha value is -4.17. The number of likely N-dealkylation sites (tertiary alicyclic amines) is 1. The van der Waals surface area contributed by atoms with E-state index in [0.717, 1.165) is 25.1 Å². The number of nitrogens with zero attached hydrogens (tertiary/aromatic N) is 2. The van der Waals surface area contributed by atoms with E-state index in [4.69, 9.17) is 16.0 Å². The molecular weight excluding hydrogens is 506 g/mol. The number of benzene rings is 2. The summed E-state index contributed by atoms with van der Waals surface area (Å²) in [7, 11) is 0. The summed E-state index contributed by atoms with van der Waals surface area (Å²) in [5.74, 6) is -0.798. The molecule has 1 aliphatic rings. The van der Waals surface area contributed by atoms with Crippen LogP contribution >= 0.6 is 11.6 Å². The van der Waals surface area contributed by atoms with Crippen LogP contribution in [0.1, 0.15) is 56.9 Å². The number of carbonyl (C=O) groups excluding carboxylic acids is 1. The summed E-state index contributed by atoms with van der Waals surface area (Å²) < 4.78 is 6.39. The first-order valence-corrected chi connectivity index (χ1v) is 12.7. The van der Waals surface area contributed by atoms with E-state index in [1.165, 1.54) is 6.07 Å². The second-order valence-corrected chi connectivity index (χ2v) is 9.93. The third-order valence-corrected chi connectivity index (χ3v) is 7.04. The summed E-state index contributed by atoms with van der Waals surface area (Å²) in [6.45, 7) is 7.01. The highest BCUT2D eigenvalue weighted by Gasteiger charge is 2.23. The van der Waals surface area contributed by atoms with Crippen LogP contribution in [0.3, 0.4) is 0 Å². The second kappa shape index (κ2) is 9.95. The third-order valence-electron chi connectivity index (χ3n) is 6.83. The lowest BCUT2D eigenvalue weighted by molar-refractivity contribution is 0.0650. The molecule has 3 heterocycles. The maximum Gasteiger partial charge on any atom is 0.356 e. The van der Waals surface area contributed by atoms with Crippen molar-refractivity contribution in [1.82, 2.24) is 9.88 Å². The minimum atomic E-state index is -1.21. The number of nitrogens with one attached hydrogen (secondary N) is 1. The van der Waals surface area contributed by atoms with Gasteiger partial charge in [-0.1, -0.05) is 29.8 Å². The lowest BCUT2D eigenvalue weighted by Gasteiger charge is -2.30. The molecule has 194 valence electrons. The summed E-state index contributed by atoms with van der Waals surface area (Å²) in [6.07, 6.45) is 1.02. The van der Waals surface area contributed by atoms with Crippen molar-refractivity contribution in [3.05, 3.63) is 91.9 Å². The number of rotatable bonds is 6. The van der Waals surface area contributed by atoms with E-state index in [9.17, 15) is 19.5 Å². The molecule has 4 aromatic rings. The molecule has 1 atom stereocenters. The Morgan fingerprint density at radius 1 is 1.11 bits per heavy atom. The highest BCUT2D eigenvalue weighted by molar-refractivity contribution is 6.29. The quantitative estimate of drug-likeness (QED) is 0.300. The predicted octanol–water partition coefficient (Wildman–Crippen LogP) is 5.84. The zero-order valence-corrected chi connectivity index (χ0v) is 21.9. The summed E-state index contributed by atoms with van der Waals surface area (Å²) in [4.78, 5) is 43.4. The number of pyridine rings is 1. The van der Waals surface area contributed by atoms with Gasteiger partial charge in [0.05, 0.1) is 17.1 Å². The SMILES string of the molecule is Cc1cc([C@@H](C)Nc2ccc(Cl)nc2C(=O)O)c2oc(-c3ccc(C(=O)N4CCC4)cc3)c(C)c(=O)c2c1.